The molecule has 0 aliphatic heterocycles. The molecule has 0 fully saturated rings. The normalized spacial score (nSPS) is 10.8. The molecule has 3 rings (SSSR count). The van der Waals surface area contributed by atoms with E-state index < -0.39 is 0 Å². The number of aromatic nitrogens is 2. The maximum atomic E-state index is 12.1. The summed E-state index contributed by atoms with van der Waals surface area (Å²) < 4.78 is 11.1. The van der Waals surface area contributed by atoms with Crippen LogP contribution in [-0.4, -0.2) is 22.7 Å². The number of para-hydroxylation sites is 1. The maximum absolute atomic E-state index is 12.1. The highest BCUT2D eigenvalue weighted by molar-refractivity contribution is 7.14. The number of carbonyl (C=O) groups excluding carboxylic acids is 1. The number of carbonyl (C=O) groups is 1. The maximum Gasteiger partial charge on any atom is 0.262 e. The van der Waals surface area contributed by atoms with Crippen LogP contribution in [0.4, 0.5) is 5.69 Å². The molecule has 0 atom stereocenters. The average Bonchev–Trinajstić information content (AvgIpc) is 3.22. The second kappa shape index (κ2) is 7.27. The van der Waals surface area contributed by atoms with E-state index in [2.05, 4.69) is 15.5 Å². The molecule has 1 aromatic carbocycles. The standard InChI is InChI=1S/C17H17N3O3S/c1-11(2)16-19-20-17(23-16)15-13(8-9-24-15)18-14(21)10-22-12-6-4-3-5-7-12/h3-9,11H,10H2,1-2H3,(H,18,21). The predicted octanol–water partition coefficient (Wildman–Crippen LogP) is 3.94. The number of rotatable bonds is 6. The van der Waals surface area contributed by atoms with Crippen molar-refractivity contribution >= 4 is 22.9 Å². The van der Waals surface area contributed by atoms with Crippen LogP contribution in [-0.2, 0) is 4.79 Å². The molecule has 0 radical (unpaired) electrons. The second-order valence-corrected chi connectivity index (χ2v) is 6.33. The topological polar surface area (TPSA) is 77.2 Å². The lowest BCUT2D eigenvalue weighted by molar-refractivity contribution is -0.118. The van der Waals surface area contributed by atoms with Crippen molar-refractivity contribution in [3.63, 3.8) is 0 Å². The van der Waals surface area contributed by atoms with Gasteiger partial charge in [0.15, 0.2) is 6.61 Å². The zero-order valence-corrected chi connectivity index (χ0v) is 14.2. The van der Waals surface area contributed by atoms with Gasteiger partial charge in [-0.1, -0.05) is 32.0 Å². The molecule has 2 heterocycles. The van der Waals surface area contributed by atoms with E-state index in [0.717, 1.165) is 4.88 Å². The Hall–Kier alpha value is -2.67. The summed E-state index contributed by atoms with van der Waals surface area (Å²) in [5.41, 5.74) is 0.639. The van der Waals surface area contributed by atoms with Gasteiger partial charge in [-0.2, -0.15) is 0 Å². The highest BCUT2D eigenvalue weighted by atomic mass is 32.1. The van der Waals surface area contributed by atoms with Crippen LogP contribution in [0.25, 0.3) is 10.8 Å². The van der Waals surface area contributed by atoms with Crippen molar-refractivity contribution in [2.75, 3.05) is 11.9 Å². The number of amides is 1. The summed E-state index contributed by atoms with van der Waals surface area (Å²) in [7, 11) is 0. The van der Waals surface area contributed by atoms with E-state index >= 15 is 0 Å². The zero-order chi connectivity index (χ0) is 16.9. The van der Waals surface area contributed by atoms with Crippen LogP contribution in [0, 0.1) is 0 Å². The molecule has 1 N–H and O–H groups in total. The lowest BCUT2D eigenvalue weighted by atomic mass is 10.2. The summed E-state index contributed by atoms with van der Waals surface area (Å²) in [5, 5.41) is 12.8. The van der Waals surface area contributed by atoms with Crippen LogP contribution >= 0.6 is 11.3 Å². The van der Waals surface area contributed by atoms with Gasteiger partial charge in [-0.15, -0.1) is 21.5 Å². The first kappa shape index (κ1) is 16.2. The van der Waals surface area contributed by atoms with Crippen molar-refractivity contribution in [2.24, 2.45) is 0 Å². The number of benzene rings is 1. The summed E-state index contributed by atoms with van der Waals surface area (Å²) in [6, 6.07) is 11.0. The number of hydrogen-bond donors (Lipinski definition) is 1. The van der Waals surface area contributed by atoms with Crippen LogP contribution in [0.1, 0.15) is 25.7 Å². The molecule has 124 valence electrons. The molecule has 3 aromatic rings. The van der Waals surface area contributed by atoms with E-state index in [1.165, 1.54) is 11.3 Å². The van der Waals surface area contributed by atoms with E-state index in [-0.39, 0.29) is 18.4 Å². The predicted molar refractivity (Wildman–Crippen MR) is 92.3 cm³/mol. The van der Waals surface area contributed by atoms with Crippen LogP contribution in [0.5, 0.6) is 5.75 Å². The van der Waals surface area contributed by atoms with Crippen LogP contribution in [0.2, 0.25) is 0 Å². The summed E-state index contributed by atoms with van der Waals surface area (Å²) >= 11 is 1.43. The van der Waals surface area contributed by atoms with Gasteiger partial charge in [-0.3, -0.25) is 4.79 Å². The summed E-state index contributed by atoms with van der Waals surface area (Å²) in [6.07, 6.45) is 0. The molecular formula is C17H17N3O3S. The Balaban J connectivity index is 1.65. The Morgan fingerprint density at radius 2 is 2.04 bits per heavy atom. The van der Waals surface area contributed by atoms with Crippen LogP contribution in [0.3, 0.4) is 0 Å². The van der Waals surface area contributed by atoms with Crippen molar-refractivity contribution in [1.82, 2.24) is 10.2 Å². The molecule has 0 unspecified atom stereocenters. The minimum absolute atomic E-state index is 0.0691. The molecule has 24 heavy (non-hydrogen) atoms. The largest absolute Gasteiger partial charge is 0.484 e. The van der Waals surface area contributed by atoms with Gasteiger partial charge in [0.1, 0.15) is 10.6 Å². The fraction of sp³-hybridized carbons (Fsp3) is 0.235. The van der Waals surface area contributed by atoms with Gasteiger partial charge >= 0.3 is 0 Å². The van der Waals surface area contributed by atoms with Crippen molar-refractivity contribution in [3.05, 3.63) is 47.7 Å². The fourth-order valence-corrected chi connectivity index (χ4v) is 2.75. The molecule has 0 aliphatic carbocycles. The molecule has 0 saturated heterocycles. The molecule has 2 aromatic heterocycles. The Morgan fingerprint density at radius 3 is 2.75 bits per heavy atom. The molecule has 0 aliphatic rings. The SMILES string of the molecule is CC(C)c1nnc(-c2sccc2NC(=O)COc2ccccc2)o1. The van der Waals surface area contributed by atoms with Gasteiger partial charge in [-0.25, -0.2) is 0 Å². The molecule has 1 amide bonds. The molecule has 0 bridgehead atoms. The Morgan fingerprint density at radius 1 is 1.25 bits per heavy atom. The quantitative estimate of drug-likeness (QED) is 0.733. The van der Waals surface area contributed by atoms with Gasteiger partial charge in [0, 0.05) is 5.92 Å². The third-order valence-corrected chi connectivity index (χ3v) is 4.08. The first-order chi connectivity index (χ1) is 11.6. The Bertz CT molecular complexity index is 811. The van der Waals surface area contributed by atoms with E-state index in [1.54, 1.807) is 18.2 Å². The Kier molecular flexibility index (Phi) is 4.90. The molecule has 6 nitrogen and oxygen atoms in total. The highest BCUT2D eigenvalue weighted by Gasteiger charge is 2.17. The van der Waals surface area contributed by atoms with Crippen molar-refractivity contribution < 1.29 is 13.9 Å². The number of anilines is 1. The third-order valence-electron chi connectivity index (χ3n) is 3.18. The summed E-state index contributed by atoms with van der Waals surface area (Å²) in [4.78, 5) is 12.8. The minimum atomic E-state index is -0.248. The molecule has 0 spiro atoms. The van der Waals surface area contributed by atoms with Crippen LogP contribution < -0.4 is 10.1 Å². The van der Waals surface area contributed by atoms with Gasteiger partial charge in [0.05, 0.1) is 5.69 Å². The average molecular weight is 343 g/mol. The van der Waals surface area contributed by atoms with E-state index in [4.69, 9.17) is 9.15 Å². The van der Waals surface area contributed by atoms with E-state index in [1.807, 2.05) is 37.4 Å². The van der Waals surface area contributed by atoms with E-state index in [0.29, 0.717) is 23.2 Å². The molecular weight excluding hydrogens is 326 g/mol. The summed E-state index contributed by atoms with van der Waals surface area (Å²) in [6.45, 7) is 3.89. The second-order valence-electron chi connectivity index (χ2n) is 5.41. The van der Waals surface area contributed by atoms with Gasteiger partial charge in [-0.05, 0) is 23.6 Å². The first-order valence-electron chi connectivity index (χ1n) is 7.52. The van der Waals surface area contributed by atoms with Gasteiger partial charge in [0.25, 0.3) is 11.8 Å². The third kappa shape index (κ3) is 3.80. The van der Waals surface area contributed by atoms with Crippen LogP contribution in [0.15, 0.2) is 46.2 Å². The lowest BCUT2D eigenvalue weighted by Gasteiger charge is -2.07. The summed E-state index contributed by atoms with van der Waals surface area (Å²) in [5.74, 6) is 1.54. The fourth-order valence-electron chi connectivity index (χ4n) is 1.98. The minimum Gasteiger partial charge on any atom is -0.484 e. The lowest BCUT2D eigenvalue weighted by Crippen LogP contribution is -2.20. The van der Waals surface area contributed by atoms with Crippen molar-refractivity contribution in [1.29, 1.82) is 0 Å². The number of nitrogens with zero attached hydrogens (tertiary/aromatic N) is 2. The van der Waals surface area contributed by atoms with Crippen molar-refractivity contribution in [2.45, 2.75) is 19.8 Å². The smallest absolute Gasteiger partial charge is 0.262 e. The highest BCUT2D eigenvalue weighted by Crippen LogP contribution is 2.33. The number of thiophene rings is 1. The van der Waals surface area contributed by atoms with Crippen molar-refractivity contribution in [3.8, 4) is 16.5 Å². The number of ether oxygens (including phenoxy) is 1. The number of hydrogen-bond acceptors (Lipinski definition) is 6. The molecule has 0 saturated carbocycles. The first-order valence-corrected chi connectivity index (χ1v) is 8.40. The van der Waals surface area contributed by atoms with Gasteiger partial charge in [0.2, 0.25) is 5.89 Å². The molecule has 7 heteroatoms. The zero-order valence-electron chi connectivity index (χ0n) is 13.4. The monoisotopic (exact) mass is 343 g/mol. The van der Waals surface area contributed by atoms with E-state index in [9.17, 15) is 4.79 Å². The number of nitrogens with one attached hydrogen (secondary N) is 1. The Labute approximate surface area is 143 Å². The van der Waals surface area contributed by atoms with Gasteiger partial charge < -0.3 is 14.5 Å².